The fraction of sp³-hybridized carbons (Fsp3) is 0.444. The normalized spacial score (nSPS) is 20.8. The van der Waals surface area contributed by atoms with Crippen LogP contribution in [0, 0.1) is 5.82 Å². The van der Waals surface area contributed by atoms with Crippen molar-refractivity contribution in [3.63, 3.8) is 0 Å². The lowest BCUT2D eigenvalue weighted by molar-refractivity contribution is -0.132. The molecule has 142 valence electrons. The van der Waals surface area contributed by atoms with Gasteiger partial charge in [-0.15, -0.1) is 0 Å². The zero-order chi connectivity index (χ0) is 19.0. The van der Waals surface area contributed by atoms with Crippen LogP contribution in [0.25, 0.3) is 11.0 Å². The highest BCUT2D eigenvalue weighted by Crippen LogP contribution is 2.28. The molecule has 2 fully saturated rings. The number of fused-ring (bicyclic) bond motifs is 1. The van der Waals surface area contributed by atoms with E-state index in [1.807, 2.05) is 0 Å². The van der Waals surface area contributed by atoms with Crippen LogP contribution in [0.3, 0.4) is 0 Å². The van der Waals surface area contributed by atoms with Gasteiger partial charge < -0.3 is 15.2 Å². The monoisotopic (exact) mass is 373 g/mol. The molecule has 2 aliphatic rings. The van der Waals surface area contributed by atoms with Gasteiger partial charge in [0.15, 0.2) is 0 Å². The van der Waals surface area contributed by atoms with Crippen LogP contribution < -0.4 is 10.6 Å². The van der Waals surface area contributed by atoms with Crippen LogP contribution >= 0.6 is 0 Å². The Kier molecular flexibility index (Phi) is 4.51. The lowest BCUT2D eigenvalue weighted by atomic mass is 9.95. The van der Waals surface area contributed by atoms with Gasteiger partial charge in [0.25, 0.3) is 5.91 Å². The minimum Gasteiger partial charge on any atom is -0.343 e. The van der Waals surface area contributed by atoms with Crippen molar-refractivity contribution in [3.05, 3.63) is 29.8 Å². The molecule has 9 heteroatoms. The molecule has 8 nitrogen and oxygen atoms in total. The van der Waals surface area contributed by atoms with Gasteiger partial charge in [0.05, 0.1) is 11.0 Å². The van der Waals surface area contributed by atoms with E-state index in [0.717, 1.165) is 24.2 Å². The van der Waals surface area contributed by atoms with Crippen molar-refractivity contribution in [2.24, 2.45) is 0 Å². The first kappa shape index (κ1) is 17.4. The Balaban J connectivity index is 1.30. The fourth-order valence-electron chi connectivity index (χ4n) is 3.69. The molecule has 0 unspecified atom stereocenters. The second kappa shape index (κ2) is 6.98. The third kappa shape index (κ3) is 3.62. The maximum Gasteiger partial charge on any atom is 0.322 e. The molecule has 3 N–H and O–H groups in total. The number of urea groups is 1. The van der Waals surface area contributed by atoms with Gasteiger partial charge in [0, 0.05) is 25.4 Å². The van der Waals surface area contributed by atoms with Crippen molar-refractivity contribution >= 4 is 28.9 Å². The van der Waals surface area contributed by atoms with E-state index in [0.29, 0.717) is 25.0 Å². The standard InChI is InChI=1S/C18H20FN5O3/c19-11-1-2-12-14(9-11)21-16(20-12)10-5-7-24(8-6-10)15(25)4-3-13-17(26)23-18(27)22-13/h1-2,9-10,13H,3-8H2,(H,20,21)(H2,22,23,26,27)/t13-/m0/s1. The van der Waals surface area contributed by atoms with E-state index < -0.39 is 12.1 Å². The van der Waals surface area contributed by atoms with Crippen LogP contribution in [-0.4, -0.2) is 51.8 Å². The fourth-order valence-corrected chi connectivity index (χ4v) is 3.69. The van der Waals surface area contributed by atoms with Gasteiger partial charge in [0.2, 0.25) is 5.91 Å². The zero-order valence-electron chi connectivity index (χ0n) is 14.6. The van der Waals surface area contributed by atoms with Gasteiger partial charge in [-0.25, -0.2) is 14.2 Å². The Hall–Kier alpha value is -2.97. The lowest BCUT2D eigenvalue weighted by Gasteiger charge is -2.31. The summed E-state index contributed by atoms with van der Waals surface area (Å²) < 4.78 is 13.3. The van der Waals surface area contributed by atoms with Crippen molar-refractivity contribution in [3.8, 4) is 0 Å². The SMILES string of the molecule is O=C1NC(=O)[C@H](CCC(=O)N2CCC(c3nc4ccc(F)cc4[nH]3)CC2)N1. The lowest BCUT2D eigenvalue weighted by Crippen LogP contribution is -2.39. The van der Waals surface area contributed by atoms with Crippen LogP contribution in [0.5, 0.6) is 0 Å². The average Bonchev–Trinajstić information content (AvgIpc) is 3.21. The summed E-state index contributed by atoms with van der Waals surface area (Å²) in [6.07, 6.45) is 2.06. The van der Waals surface area contributed by atoms with Crippen molar-refractivity contribution in [1.82, 2.24) is 25.5 Å². The highest BCUT2D eigenvalue weighted by atomic mass is 19.1. The number of aromatic nitrogens is 2. The summed E-state index contributed by atoms with van der Waals surface area (Å²) in [6.45, 7) is 1.22. The number of nitrogens with one attached hydrogen (secondary N) is 3. The Morgan fingerprint density at radius 2 is 2.04 bits per heavy atom. The number of hydrogen-bond donors (Lipinski definition) is 3. The number of aromatic amines is 1. The Morgan fingerprint density at radius 1 is 1.26 bits per heavy atom. The first-order valence-electron chi connectivity index (χ1n) is 9.04. The highest BCUT2D eigenvalue weighted by molar-refractivity contribution is 6.04. The molecule has 27 heavy (non-hydrogen) atoms. The number of carbonyl (C=O) groups is 3. The smallest absolute Gasteiger partial charge is 0.322 e. The van der Waals surface area contributed by atoms with Crippen LogP contribution in [0.2, 0.25) is 0 Å². The second-order valence-electron chi connectivity index (χ2n) is 6.99. The highest BCUT2D eigenvalue weighted by Gasteiger charge is 2.31. The topological polar surface area (TPSA) is 107 Å². The van der Waals surface area contributed by atoms with Crippen molar-refractivity contribution in [2.45, 2.75) is 37.6 Å². The van der Waals surface area contributed by atoms with Crippen LogP contribution in [0.4, 0.5) is 9.18 Å². The van der Waals surface area contributed by atoms with E-state index in [2.05, 4.69) is 20.6 Å². The van der Waals surface area contributed by atoms with Gasteiger partial charge >= 0.3 is 6.03 Å². The second-order valence-corrected chi connectivity index (χ2v) is 6.99. The largest absolute Gasteiger partial charge is 0.343 e. The summed E-state index contributed by atoms with van der Waals surface area (Å²) in [5.74, 6) is 0.324. The maximum absolute atomic E-state index is 13.3. The number of halogens is 1. The summed E-state index contributed by atoms with van der Waals surface area (Å²) in [6, 6.07) is 3.34. The van der Waals surface area contributed by atoms with Crippen molar-refractivity contribution < 1.29 is 18.8 Å². The molecule has 4 rings (SSSR count). The van der Waals surface area contributed by atoms with Crippen molar-refractivity contribution in [1.29, 1.82) is 0 Å². The number of hydrogen-bond acceptors (Lipinski definition) is 4. The van der Waals surface area contributed by atoms with Gasteiger partial charge in [-0.1, -0.05) is 0 Å². The summed E-state index contributed by atoms with van der Waals surface area (Å²) in [7, 11) is 0. The van der Waals surface area contributed by atoms with Crippen LogP contribution in [0.1, 0.15) is 37.4 Å². The first-order valence-corrected chi connectivity index (χ1v) is 9.04. The average molecular weight is 373 g/mol. The molecule has 3 heterocycles. The number of H-pyrrole nitrogens is 1. The maximum atomic E-state index is 13.3. The van der Waals surface area contributed by atoms with E-state index in [1.165, 1.54) is 12.1 Å². The van der Waals surface area contributed by atoms with Gasteiger partial charge in [-0.2, -0.15) is 0 Å². The molecular weight excluding hydrogens is 353 g/mol. The molecule has 2 aromatic rings. The van der Waals surface area contributed by atoms with E-state index in [9.17, 15) is 18.8 Å². The molecule has 0 saturated carbocycles. The van der Waals surface area contributed by atoms with Gasteiger partial charge in [0.1, 0.15) is 17.7 Å². The number of benzene rings is 1. The van der Waals surface area contributed by atoms with E-state index in [4.69, 9.17) is 0 Å². The molecule has 0 bridgehead atoms. The first-order chi connectivity index (χ1) is 13.0. The molecule has 1 aromatic carbocycles. The third-order valence-electron chi connectivity index (χ3n) is 5.20. The van der Waals surface area contributed by atoms with E-state index >= 15 is 0 Å². The van der Waals surface area contributed by atoms with Gasteiger partial charge in [-0.05, 0) is 37.5 Å². The molecule has 0 spiro atoms. The van der Waals surface area contributed by atoms with E-state index in [1.54, 1.807) is 11.0 Å². The molecule has 2 aliphatic heterocycles. The number of amides is 4. The Bertz CT molecular complexity index is 904. The third-order valence-corrected chi connectivity index (χ3v) is 5.20. The Morgan fingerprint density at radius 3 is 2.74 bits per heavy atom. The quantitative estimate of drug-likeness (QED) is 0.704. The minimum atomic E-state index is -0.630. The number of likely N-dealkylation sites (tertiary alicyclic amines) is 1. The molecule has 2 saturated heterocycles. The summed E-state index contributed by atoms with van der Waals surface area (Å²) in [5, 5.41) is 4.66. The summed E-state index contributed by atoms with van der Waals surface area (Å²) >= 11 is 0. The minimum absolute atomic E-state index is 0.0194. The van der Waals surface area contributed by atoms with Crippen molar-refractivity contribution in [2.75, 3.05) is 13.1 Å². The Labute approximate surface area is 154 Å². The number of nitrogens with zero attached hydrogens (tertiary/aromatic N) is 2. The molecule has 0 aliphatic carbocycles. The van der Waals surface area contributed by atoms with Gasteiger partial charge in [-0.3, -0.25) is 14.9 Å². The molecule has 0 radical (unpaired) electrons. The number of piperidine rings is 1. The predicted molar refractivity (Wildman–Crippen MR) is 94.3 cm³/mol. The number of carbonyl (C=O) groups excluding carboxylic acids is 3. The molecule has 4 amide bonds. The molecule has 1 atom stereocenters. The summed E-state index contributed by atoms with van der Waals surface area (Å²) in [4.78, 5) is 44.5. The number of rotatable bonds is 4. The number of imidazole rings is 1. The number of imide groups is 1. The van der Waals surface area contributed by atoms with Crippen LogP contribution in [-0.2, 0) is 9.59 Å². The molecule has 1 aromatic heterocycles. The summed E-state index contributed by atoms with van der Waals surface area (Å²) in [5.41, 5.74) is 1.42. The predicted octanol–water partition coefficient (Wildman–Crippen LogP) is 1.40. The zero-order valence-corrected chi connectivity index (χ0v) is 14.6. The van der Waals surface area contributed by atoms with E-state index in [-0.39, 0.29) is 30.0 Å². The van der Waals surface area contributed by atoms with Crippen LogP contribution in [0.15, 0.2) is 18.2 Å². The molecular formula is C18H20FN5O3.